The molecule has 1 unspecified atom stereocenters. The first-order chi connectivity index (χ1) is 14.6. The minimum absolute atomic E-state index is 0.00811. The third-order valence-electron chi connectivity index (χ3n) is 6.26. The van der Waals surface area contributed by atoms with Gasteiger partial charge in [-0.2, -0.15) is 0 Å². The van der Waals surface area contributed by atoms with Crippen molar-refractivity contribution >= 4 is 17.5 Å². The Kier molecular flexibility index (Phi) is 6.36. The molecule has 5 nitrogen and oxygen atoms in total. The van der Waals surface area contributed by atoms with Crippen molar-refractivity contribution in [1.82, 2.24) is 4.90 Å². The van der Waals surface area contributed by atoms with Gasteiger partial charge in [-0.15, -0.1) is 0 Å². The minimum atomic E-state index is -0.00811. The minimum Gasteiger partial charge on any atom is -0.497 e. The van der Waals surface area contributed by atoms with Crippen molar-refractivity contribution in [2.45, 2.75) is 50.9 Å². The lowest BCUT2D eigenvalue weighted by molar-refractivity contribution is -0.116. The van der Waals surface area contributed by atoms with Crippen LogP contribution in [0.2, 0.25) is 0 Å². The van der Waals surface area contributed by atoms with Gasteiger partial charge in [0, 0.05) is 30.8 Å². The van der Waals surface area contributed by atoms with Crippen molar-refractivity contribution in [2.75, 3.05) is 25.5 Å². The maximum Gasteiger partial charge on any atom is 0.253 e. The number of likely N-dealkylation sites (tertiary alicyclic amines) is 1. The number of anilines is 1. The Morgan fingerprint density at radius 1 is 1.07 bits per heavy atom. The lowest BCUT2D eigenvalue weighted by atomic mass is 9.81. The van der Waals surface area contributed by atoms with Gasteiger partial charge in [0.1, 0.15) is 5.75 Å². The topological polar surface area (TPSA) is 58.6 Å². The number of aryl methyl sites for hydroxylation is 1. The second-order valence-corrected chi connectivity index (χ2v) is 8.34. The second-order valence-electron chi connectivity index (χ2n) is 8.34. The van der Waals surface area contributed by atoms with Crippen LogP contribution in [0.5, 0.6) is 5.75 Å². The fourth-order valence-corrected chi connectivity index (χ4v) is 4.68. The first-order valence-electron chi connectivity index (χ1n) is 11.0. The van der Waals surface area contributed by atoms with E-state index in [0.29, 0.717) is 17.7 Å². The first-order valence-corrected chi connectivity index (χ1v) is 11.0. The van der Waals surface area contributed by atoms with Crippen LogP contribution in [0.4, 0.5) is 5.69 Å². The molecule has 0 aromatic heterocycles. The lowest BCUT2D eigenvalue weighted by Gasteiger charge is -2.27. The lowest BCUT2D eigenvalue weighted by Crippen LogP contribution is -2.35. The molecule has 0 spiro atoms. The molecule has 0 radical (unpaired) electrons. The van der Waals surface area contributed by atoms with E-state index >= 15 is 0 Å². The molecule has 30 heavy (non-hydrogen) atoms. The highest BCUT2D eigenvalue weighted by Gasteiger charge is 2.23. The molecule has 1 atom stereocenters. The van der Waals surface area contributed by atoms with Crippen LogP contribution >= 0.6 is 0 Å². The number of nitrogens with zero attached hydrogens (tertiary/aromatic N) is 1. The number of carbonyl (C=O) groups excluding carboxylic acids is 2. The highest BCUT2D eigenvalue weighted by Crippen LogP contribution is 2.36. The number of hydrogen-bond acceptors (Lipinski definition) is 3. The van der Waals surface area contributed by atoms with E-state index in [0.717, 1.165) is 50.9 Å². The fourth-order valence-electron chi connectivity index (χ4n) is 4.68. The predicted molar refractivity (Wildman–Crippen MR) is 118 cm³/mol. The van der Waals surface area contributed by atoms with Gasteiger partial charge in [0.15, 0.2) is 0 Å². The Morgan fingerprint density at radius 2 is 1.90 bits per heavy atom. The molecule has 1 aliphatic heterocycles. The Labute approximate surface area is 178 Å². The van der Waals surface area contributed by atoms with Crippen molar-refractivity contribution in [3.05, 3.63) is 59.2 Å². The van der Waals surface area contributed by atoms with Gasteiger partial charge in [-0.3, -0.25) is 9.59 Å². The number of benzene rings is 2. The van der Waals surface area contributed by atoms with Crippen molar-refractivity contribution in [3.8, 4) is 5.75 Å². The van der Waals surface area contributed by atoms with E-state index in [1.165, 1.54) is 17.5 Å². The summed E-state index contributed by atoms with van der Waals surface area (Å²) >= 11 is 0. The van der Waals surface area contributed by atoms with Crippen LogP contribution < -0.4 is 10.1 Å². The summed E-state index contributed by atoms with van der Waals surface area (Å²) in [6.07, 6.45) is 6.90. The molecule has 2 aromatic rings. The van der Waals surface area contributed by atoms with Crippen LogP contribution in [-0.2, 0) is 11.2 Å². The molecule has 4 rings (SSSR count). The van der Waals surface area contributed by atoms with E-state index in [9.17, 15) is 9.59 Å². The number of rotatable bonds is 5. The molecule has 5 heteroatoms. The summed E-state index contributed by atoms with van der Waals surface area (Å²) < 4.78 is 5.34. The summed E-state index contributed by atoms with van der Waals surface area (Å²) in [5.74, 6) is 1.14. The molecular weight excluding hydrogens is 376 g/mol. The van der Waals surface area contributed by atoms with Crippen LogP contribution in [0.1, 0.15) is 65.9 Å². The van der Waals surface area contributed by atoms with E-state index in [2.05, 4.69) is 17.4 Å². The van der Waals surface area contributed by atoms with E-state index in [4.69, 9.17) is 4.74 Å². The molecule has 158 valence electrons. The zero-order valence-corrected chi connectivity index (χ0v) is 17.7. The number of hydrogen-bond donors (Lipinski definition) is 1. The molecule has 1 saturated heterocycles. The quantitative estimate of drug-likeness (QED) is 0.778. The van der Waals surface area contributed by atoms with Crippen molar-refractivity contribution in [3.63, 3.8) is 0 Å². The average Bonchev–Trinajstić information content (AvgIpc) is 2.79. The summed E-state index contributed by atoms with van der Waals surface area (Å²) in [4.78, 5) is 27.4. The van der Waals surface area contributed by atoms with Crippen LogP contribution in [-0.4, -0.2) is 36.9 Å². The number of nitrogens with one attached hydrogen (secondary N) is 1. The maximum atomic E-state index is 12.8. The van der Waals surface area contributed by atoms with Gasteiger partial charge >= 0.3 is 0 Å². The van der Waals surface area contributed by atoms with Crippen LogP contribution in [0, 0.1) is 0 Å². The molecule has 2 amide bonds. The number of piperidine rings is 1. The zero-order chi connectivity index (χ0) is 20.9. The third kappa shape index (κ3) is 4.66. The smallest absolute Gasteiger partial charge is 0.253 e. The highest BCUT2D eigenvalue weighted by atomic mass is 16.5. The number of methoxy groups -OCH3 is 1. The molecule has 1 N–H and O–H groups in total. The van der Waals surface area contributed by atoms with Gasteiger partial charge in [-0.1, -0.05) is 12.1 Å². The van der Waals surface area contributed by atoms with Gasteiger partial charge in [0.05, 0.1) is 7.11 Å². The summed E-state index contributed by atoms with van der Waals surface area (Å²) in [5, 5.41) is 3.01. The average molecular weight is 407 g/mol. The Bertz CT molecular complexity index is 918. The monoisotopic (exact) mass is 406 g/mol. The molecule has 0 bridgehead atoms. The molecule has 0 saturated carbocycles. The second kappa shape index (κ2) is 9.33. The Balaban J connectivity index is 1.41. The number of fused-ring (bicyclic) bond motifs is 1. The van der Waals surface area contributed by atoms with Gasteiger partial charge < -0.3 is 15.0 Å². The summed E-state index contributed by atoms with van der Waals surface area (Å²) in [6, 6.07) is 13.5. The number of amides is 2. The first kappa shape index (κ1) is 20.5. The van der Waals surface area contributed by atoms with Gasteiger partial charge in [0.25, 0.3) is 5.91 Å². The highest BCUT2D eigenvalue weighted by molar-refractivity contribution is 5.97. The van der Waals surface area contributed by atoms with Crippen molar-refractivity contribution < 1.29 is 14.3 Å². The van der Waals surface area contributed by atoms with E-state index in [-0.39, 0.29) is 17.7 Å². The van der Waals surface area contributed by atoms with Gasteiger partial charge in [-0.05, 0) is 85.9 Å². The fraction of sp³-hybridized carbons (Fsp3) is 0.440. The van der Waals surface area contributed by atoms with E-state index < -0.39 is 0 Å². The summed E-state index contributed by atoms with van der Waals surface area (Å²) in [6.45, 7) is 1.64. The molecule has 1 heterocycles. The molecule has 2 aliphatic rings. The van der Waals surface area contributed by atoms with Crippen LogP contribution in [0.3, 0.4) is 0 Å². The normalized spacial score (nSPS) is 18.4. The van der Waals surface area contributed by atoms with Crippen molar-refractivity contribution in [2.24, 2.45) is 0 Å². The summed E-state index contributed by atoms with van der Waals surface area (Å²) in [7, 11) is 1.68. The van der Waals surface area contributed by atoms with Gasteiger partial charge in [0.2, 0.25) is 5.91 Å². The van der Waals surface area contributed by atoms with Crippen LogP contribution in [0.15, 0.2) is 42.5 Å². The van der Waals surface area contributed by atoms with Crippen molar-refractivity contribution in [1.29, 1.82) is 0 Å². The standard InChI is InChI=1S/C25H30N2O3/c1-30-22-11-12-23-18(16-22)7-5-8-19(23)17-24(28)26-21-10-6-9-20(15-21)25(29)27-13-3-2-4-14-27/h6,9-12,15-16,19H,2-5,7-8,13-14,17H2,1H3,(H,26,28). The molecule has 1 aliphatic carbocycles. The van der Waals surface area contributed by atoms with E-state index in [1.54, 1.807) is 13.2 Å². The van der Waals surface area contributed by atoms with Crippen LogP contribution in [0.25, 0.3) is 0 Å². The SMILES string of the molecule is COc1ccc2c(c1)CCCC2CC(=O)Nc1cccc(C(=O)N2CCCCC2)c1. The molecular formula is C25H30N2O3. The van der Waals surface area contributed by atoms with E-state index in [1.807, 2.05) is 29.2 Å². The van der Waals surface area contributed by atoms with Gasteiger partial charge in [-0.25, -0.2) is 0 Å². The third-order valence-corrected chi connectivity index (χ3v) is 6.26. The Hall–Kier alpha value is -2.82. The molecule has 2 aromatic carbocycles. The number of ether oxygens (including phenoxy) is 1. The predicted octanol–water partition coefficient (Wildman–Crippen LogP) is 4.77. The Morgan fingerprint density at radius 3 is 2.70 bits per heavy atom. The summed E-state index contributed by atoms with van der Waals surface area (Å²) in [5.41, 5.74) is 3.87. The largest absolute Gasteiger partial charge is 0.497 e. The zero-order valence-electron chi connectivity index (χ0n) is 17.7. The maximum absolute atomic E-state index is 12.8. The molecule has 1 fully saturated rings. The number of carbonyl (C=O) groups is 2.